The van der Waals surface area contributed by atoms with Crippen LogP contribution in [0, 0.1) is 0 Å². The third-order valence-electron chi connectivity index (χ3n) is 3.36. The van der Waals surface area contributed by atoms with Crippen LogP contribution in [-0.2, 0) is 0 Å². The second-order valence-corrected chi connectivity index (χ2v) is 5.84. The molecule has 2 N–H and O–H groups in total. The summed E-state index contributed by atoms with van der Waals surface area (Å²) in [6.07, 6.45) is -0.500. The van der Waals surface area contributed by atoms with Gasteiger partial charge < -0.3 is 15.3 Å². The fraction of sp³-hybridized carbons (Fsp3) is 0.571. The smallest absolute Gasteiger partial charge is 0.0914 e. The second kappa shape index (κ2) is 6.53. The Balaban J connectivity index is 2.42. The van der Waals surface area contributed by atoms with E-state index in [-0.39, 0.29) is 5.54 Å². The van der Waals surface area contributed by atoms with E-state index in [4.69, 9.17) is 11.6 Å². The lowest BCUT2D eigenvalue weighted by atomic mass is 10.0. The third kappa shape index (κ3) is 4.58. The number of likely N-dealkylation sites (N-methyl/N-ethyl adjacent to an activating group) is 1. The number of nitrogens with one attached hydrogen (secondary N) is 1. The van der Waals surface area contributed by atoms with Crippen LogP contribution in [0.5, 0.6) is 0 Å². The first kappa shape index (κ1) is 15.4. The maximum absolute atomic E-state index is 10.0. The second-order valence-electron chi connectivity index (χ2n) is 5.41. The molecule has 0 heterocycles. The lowest BCUT2D eigenvalue weighted by molar-refractivity contribution is 0.152. The molecule has 1 atom stereocenters. The van der Waals surface area contributed by atoms with Gasteiger partial charge in [0.05, 0.1) is 6.10 Å². The molecule has 3 nitrogen and oxygen atoms in total. The number of nitrogens with zero attached hydrogens (tertiary/aromatic N) is 1. The molecule has 1 rings (SSSR count). The summed E-state index contributed by atoms with van der Waals surface area (Å²) < 4.78 is 0. The highest BCUT2D eigenvalue weighted by Gasteiger charge is 2.20. The average Bonchev–Trinajstić information content (AvgIpc) is 2.29. The Morgan fingerprint density at radius 1 is 1.28 bits per heavy atom. The summed E-state index contributed by atoms with van der Waals surface area (Å²) in [5.41, 5.74) is 0.953. The predicted octanol–water partition coefficient (Wildman–Crippen LogP) is 2.30. The van der Waals surface area contributed by atoms with Crippen molar-refractivity contribution in [1.82, 2.24) is 10.2 Å². The molecule has 0 bridgehead atoms. The summed E-state index contributed by atoms with van der Waals surface area (Å²) >= 11 is 5.81. The first-order valence-electron chi connectivity index (χ1n) is 6.14. The molecule has 0 fully saturated rings. The molecule has 0 amide bonds. The third-order valence-corrected chi connectivity index (χ3v) is 3.61. The van der Waals surface area contributed by atoms with Gasteiger partial charge in [-0.05, 0) is 45.6 Å². The molecule has 0 saturated heterocycles. The molecule has 0 radical (unpaired) electrons. The van der Waals surface area contributed by atoms with Crippen LogP contribution in [0.25, 0.3) is 0 Å². The van der Waals surface area contributed by atoms with Crippen molar-refractivity contribution in [2.24, 2.45) is 0 Å². The summed E-state index contributed by atoms with van der Waals surface area (Å²) in [6, 6.07) is 7.30. The standard InChI is InChI=1S/C14H23ClN2O/c1-14(2,17(3)4)10-16-9-13(18)11-5-7-12(15)8-6-11/h5-8,13,16,18H,9-10H2,1-4H3. The molecule has 102 valence electrons. The molecular formula is C14H23ClN2O. The number of aliphatic hydroxyl groups excluding tert-OH is 1. The Morgan fingerprint density at radius 2 is 1.83 bits per heavy atom. The van der Waals surface area contributed by atoms with Crippen molar-refractivity contribution in [2.45, 2.75) is 25.5 Å². The van der Waals surface area contributed by atoms with Crippen molar-refractivity contribution in [2.75, 3.05) is 27.2 Å². The van der Waals surface area contributed by atoms with Crippen molar-refractivity contribution in [3.63, 3.8) is 0 Å². The summed E-state index contributed by atoms with van der Waals surface area (Å²) in [5.74, 6) is 0. The number of aliphatic hydroxyl groups is 1. The van der Waals surface area contributed by atoms with Crippen LogP contribution in [0.1, 0.15) is 25.5 Å². The van der Waals surface area contributed by atoms with Crippen LogP contribution < -0.4 is 5.32 Å². The maximum atomic E-state index is 10.0. The van der Waals surface area contributed by atoms with E-state index in [1.807, 2.05) is 12.1 Å². The SMILES string of the molecule is CN(C)C(C)(C)CNCC(O)c1ccc(Cl)cc1. The number of rotatable bonds is 6. The van der Waals surface area contributed by atoms with Crippen LogP contribution in [0.4, 0.5) is 0 Å². The number of halogens is 1. The highest BCUT2D eigenvalue weighted by Crippen LogP contribution is 2.16. The van der Waals surface area contributed by atoms with Crippen molar-refractivity contribution in [3.8, 4) is 0 Å². The Kier molecular flexibility index (Phi) is 5.60. The van der Waals surface area contributed by atoms with E-state index in [0.717, 1.165) is 12.1 Å². The molecule has 0 spiro atoms. The topological polar surface area (TPSA) is 35.5 Å². The highest BCUT2D eigenvalue weighted by atomic mass is 35.5. The van der Waals surface area contributed by atoms with Crippen molar-refractivity contribution in [3.05, 3.63) is 34.9 Å². The zero-order chi connectivity index (χ0) is 13.8. The average molecular weight is 271 g/mol. The Morgan fingerprint density at radius 3 is 2.33 bits per heavy atom. The van der Waals surface area contributed by atoms with Crippen LogP contribution in [-0.4, -0.2) is 42.7 Å². The lowest BCUT2D eigenvalue weighted by Gasteiger charge is -2.33. The molecule has 1 aromatic carbocycles. The van der Waals surface area contributed by atoms with Gasteiger partial charge in [0.2, 0.25) is 0 Å². The van der Waals surface area contributed by atoms with E-state index in [9.17, 15) is 5.11 Å². The summed E-state index contributed by atoms with van der Waals surface area (Å²) in [6.45, 7) is 5.69. The van der Waals surface area contributed by atoms with E-state index in [1.165, 1.54) is 0 Å². The van der Waals surface area contributed by atoms with Gasteiger partial charge in [0, 0.05) is 23.7 Å². The minimum absolute atomic E-state index is 0.0692. The Bertz CT molecular complexity index is 363. The molecule has 0 aliphatic heterocycles. The molecule has 0 saturated carbocycles. The predicted molar refractivity (Wildman–Crippen MR) is 77.0 cm³/mol. The van der Waals surface area contributed by atoms with Gasteiger partial charge in [-0.25, -0.2) is 0 Å². The molecule has 4 heteroatoms. The minimum atomic E-state index is -0.500. The van der Waals surface area contributed by atoms with E-state index >= 15 is 0 Å². The van der Waals surface area contributed by atoms with Crippen LogP contribution >= 0.6 is 11.6 Å². The van der Waals surface area contributed by atoms with Gasteiger partial charge in [-0.2, -0.15) is 0 Å². The molecule has 1 aromatic rings. The summed E-state index contributed by atoms with van der Waals surface area (Å²) in [4.78, 5) is 2.16. The van der Waals surface area contributed by atoms with Gasteiger partial charge in [0.25, 0.3) is 0 Å². The number of hydrogen-bond acceptors (Lipinski definition) is 3. The molecule has 0 aliphatic carbocycles. The molecule has 18 heavy (non-hydrogen) atoms. The van der Waals surface area contributed by atoms with Crippen LogP contribution in [0.15, 0.2) is 24.3 Å². The van der Waals surface area contributed by atoms with E-state index < -0.39 is 6.10 Å². The molecule has 0 aliphatic rings. The van der Waals surface area contributed by atoms with Gasteiger partial charge in [-0.3, -0.25) is 0 Å². The Hall–Kier alpha value is -0.610. The Labute approximate surface area is 115 Å². The largest absolute Gasteiger partial charge is 0.387 e. The zero-order valence-corrected chi connectivity index (χ0v) is 12.3. The fourth-order valence-electron chi connectivity index (χ4n) is 1.48. The van der Waals surface area contributed by atoms with Gasteiger partial charge >= 0.3 is 0 Å². The first-order valence-corrected chi connectivity index (χ1v) is 6.52. The monoisotopic (exact) mass is 270 g/mol. The minimum Gasteiger partial charge on any atom is -0.387 e. The van der Waals surface area contributed by atoms with Crippen molar-refractivity contribution in [1.29, 1.82) is 0 Å². The number of benzene rings is 1. The van der Waals surface area contributed by atoms with E-state index in [0.29, 0.717) is 11.6 Å². The number of hydrogen-bond donors (Lipinski definition) is 2. The van der Waals surface area contributed by atoms with Crippen LogP contribution in [0.2, 0.25) is 5.02 Å². The normalized spacial score (nSPS) is 13.9. The fourth-order valence-corrected chi connectivity index (χ4v) is 1.60. The van der Waals surface area contributed by atoms with Gasteiger partial charge in [-0.1, -0.05) is 23.7 Å². The van der Waals surface area contributed by atoms with Crippen molar-refractivity contribution >= 4 is 11.6 Å². The van der Waals surface area contributed by atoms with E-state index in [2.05, 4.69) is 38.2 Å². The molecule has 1 unspecified atom stereocenters. The van der Waals surface area contributed by atoms with Gasteiger partial charge in [-0.15, -0.1) is 0 Å². The maximum Gasteiger partial charge on any atom is 0.0914 e. The van der Waals surface area contributed by atoms with Gasteiger partial charge in [0.1, 0.15) is 0 Å². The quantitative estimate of drug-likeness (QED) is 0.833. The molecular weight excluding hydrogens is 248 g/mol. The molecule has 0 aromatic heterocycles. The lowest BCUT2D eigenvalue weighted by Crippen LogP contribution is -2.47. The van der Waals surface area contributed by atoms with Gasteiger partial charge in [0.15, 0.2) is 0 Å². The summed E-state index contributed by atoms with van der Waals surface area (Å²) in [7, 11) is 4.11. The van der Waals surface area contributed by atoms with E-state index in [1.54, 1.807) is 12.1 Å². The van der Waals surface area contributed by atoms with Crippen LogP contribution in [0.3, 0.4) is 0 Å². The summed E-state index contributed by atoms with van der Waals surface area (Å²) in [5, 5.41) is 14.0. The first-order chi connectivity index (χ1) is 8.33. The highest BCUT2D eigenvalue weighted by molar-refractivity contribution is 6.30. The van der Waals surface area contributed by atoms with Crippen molar-refractivity contribution < 1.29 is 5.11 Å². The zero-order valence-electron chi connectivity index (χ0n) is 11.6.